The largest absolute Gasteiger partial charge is 0.468 e. The Morgan fingerprint density at radius 3 is 2.44 bits per heavy atom. The van der Waals surface area contributed by atoms with Gasteiger partial charge in [-0.1, -0.05) is 23.8 Å². The summed E-state index contributed by atoms with van der Waals surface area (Å²) >= 11 is 0. The summed E-state index contributed by atoms with van der Waals surface area (Å²) in [6.45, 7) is 9.89. The molecule has 0 bridgehead atoms. The Balaban J connectivity index is 2.88. The van der Waals surface area contributed by atoms with Gasteiger partial charge in [0.15, 0.2) is 0 Å². The van der Waals surface area contributed by atoms with E-state index in [1.54, 1.807) is 0 Å². The van der Waals surface area contributed by atoms with Gasteiger partial charge >= 0.3 is 5.97 Å². The van der Waals surface area contributed by atoms with E-state index in [4.69, 9.17) is 4.74 Å². The third-order valence-corrected chi connectivity index (χ3v) is 3.16. The molecule has 3 heteroatoms. The van der Waals surface area contributed by atoms with Crippen molar-refractivity contribution < 1.29 is 9.53 Å². The molecule has 1 aromatic rings. The molecule has 0 aliphatic heterocycles. The normalized spacial score (nSPS) is 13.2. The summed E-state index contributed by atoms with van der Waals surface area (Å²) < 4.78 is 4.80. The third kappa shape index (κ3) is 3.33. The Kier molecular flexibility index (Phi) is 4.52. The van der Waals surface area contributed by atoms with E-state index < -0.39 is 5.54 Å². The van der Waals surface area contributed by atoms with Gasteiger partial charge in [-0.05, 0) is 45.7 Å². The molecular formula is C15H23NO2. The molecule has 0 saturated heterocycles. The Hall–Kier alpha value is -1.35. The fourth-order valence-corrected chi connectivity index (χ4v) is 2.24. The van der Waals surface area contributed by atoms with Crippen LogP contribution in [0.1, 0.15) is 43.5 Å². The number of hydrogen-bond donors (Lipinski definition) is 1. The second-order valence-corrected chi connectivity index (χ2v) is 5.34. The lowest BCUT2D eigenvalue weighted by molar-refractivity contribution is -0.147. The highest BCUT2D eigenvalue weighted by molar-refractivity contribution is 5.79. The summed E-state index contributed by atoms with van der Waals surface area (Å²) in [5, 5.41) is 3.31. The van der Waals surface area contributed by atoms with Gasteiger partial charge in [0.2, 0.25) is 0 Å². The average Bonchev–Trinajstić information content (AvgIpc) is 2.26. The second kappa shape index (κ2) is 5.53. The highest BCUT2D eigenvalue weighted by atomic mass is 16.5. The number of carbonyl (C=O) groups excluding carboxylic acids is 1. The van der Waals surface area contributed by atoms with Gasteiger partial charge in [-0.25, -0.2) is 0 Å². The molecule has 0 radical (unpaired) electrons. The van der Waals surface area contributed by atoms with Crippen molar-refractivity contribution in [1.82, 2.24) is 5.32 Å². The number of benzene rings is 1. The number of hydrogen-bond acceptors (Lipinski definition) is 3. The highest BCUT2D eigenvalue weighted by Crippen LogP contribution is 2.21. The monoisotopic (exact) mass is 249 g/mol. The fourth-order valence-electron chi connectivity index (χ4n) is 2.24. The summed E-state index contributed by atoms with van der Waals surface area (Å²) in [6, 6.07) is 6.44. The van der Waals surface area contributed by atoms with Crippen molar-refractivity contribution in [3.05, 3.63) is 34.9 Å². The van der Waals surface area contributed by atoms with Crippen molar-refractivity contribution in [2.75, 3.05) is 7.11 Å². The maximum absolute atomic E-state index is 11.7. The van der Waals surface area contributed by atoms with Crippen LogP contribution in [0.3, 0.4) is 0 Å². The Labute approximate surface area is 110 Å². The maximum Gasteiger partial charge on any atom is 0.325 e. The minimum atomic E-state index is -0.689. The molecule has 1 aromatic carbocycles. The van der Waals surface area contributed by atoms with E-state index in [0.29, 0.717) is 0 Å². The lowest BCUT2D eigenvalue weighted by Gasteiger charge is -2.28. The lowest BCUT2D eigenvalue weighted by atomic mass is 9.97. The maximum atomic E-state index is 11.7. The van der Waals surface area contributed by atoms with Crippen LogP contribution in [0, 0.1) is 13.8 Å². The SMILES string of the molecule is COC(=O)C(C)(C)NC(C)c1ccc(C)cc1C. The molecule has 0 aromatic heterocycles. The Bertz CT molecular complexity index is 438. The third-order valence-electron chi connectivity index (χ3n) is 3.16. The van der Waals surface area contributed by atoms with Gasteiger partial charge in [-0.3, -0.25) is 10.1 Å². The first kappa shape index (κ1) is 14.7. The molecule has 100 valence electrons. The minimum Gasteiger partial charge on any atom is -0.468 e. The molecule has 0 saturated carbocycles. The molecule has 0 spiro atoms. The summed E-state index contributed by atoms with van der Waals surface area (Å²) in [4.78, 5) is 11.7. The van der Waals surface area contributed by atoms with Gasteiger partial charge in [-0.15, -0.1) is 0 Å². The molecule has 3 nitrogen and oxygen atoms in total. The second-order valence-electron chi connectivity index (χ2n) is 5.34. The number of methoxy groups -OCH3 is 1. The highest BCUT2D eigenvalue weighted by Gasteiger charge is 2.30. The Morgan fingerprint density at radius 1 is 1.33 bits per heavy atom. The van der Waals surface area contributed by atoms with Crippen molar-refractivity contribution in [1.29, 1.82) is 0 Å². The van der Waals surface area contributed by atoms with Crippen molar-refractivity contribution in [2.24, 2.45) is 0 Å². The predicted molar refractivity (Wildman–Crippen MR) is 73.6 cm³/mol. The van der Waals surface area contributed by atoms with Crippen molar-refractivity contribution in [3.63, 3.8) is 0 Å². The molecule has 1 unspecified atom stereocenters. The van der Waals surface area contributed by atoms with Crippen LogP contribution >= 0.6 is 0 Å². The van der Waals surface area contributed by atoms with Crippen LogP contribution in [-0.4, -0.2) is 18.6 Å². The van der Waals surface area contributed by atoms with E-state index in [-0.39, 0.29) is 12.0 Å². The van der Waals surface area contributed by atoms with Crippen LogP contribution in [-0.2, 0) is 9.53 Å². The van der Waals surface area contributed by atoms with E-state index >= 15 is 0 Å². The van der Waals surface area contributed by atoms with Gasteiger partial charge in [0.25, 0.3) is 0 Å². The number of ether oxygens (including phenoxy) is 1. The molecule has 1 rings (SSSR count). The quantitative estimate of drug-likeness (QED) is 0.834. The van der Waals surface area contributed by atoms with E-state index in [1.165, 1.54) is 23.8 Å². The van der Waals surface area contributed by atoms with Crippen molar-refractivity contribution >= 4 is 5.97 Å². The van der Waals surface area contributed by atoms with E-state index in [9.17, 15) is 4.79 Å². The molecule has 1 N–H and O–H groups in total. The average molecular weight is 249 g/mol. The van der Waals surface area contributed by atoms with Gasteiger partial charge < -0.3 is 4.74 Å². The zero-order valence-corrected chi connectivity index (χ0v) is 12.1. The molecule has 0 aliphatic rings. The molecular weight excluding hydrogens is 226 g/mol. The van der Waals surface area contributed by atoms with Gasteiger partial charge in [0.1, 0.15) is 5.54 Å². The zero-order chi connectivity index (χ0) is 13.9. The molecule has 0 fully saturated rings. The van der Waals surface area contributed by atoms with E-state index in [1.807, 2.05) is 13.8 Å². The first-order valence-electron chi connectivity index (χ1n) is 6.21. The number of carbonyl (C=O) groups is 1. The Morgan fingerprint density at radius 2 is 1.94 bits per heavy atom. The van der Waals surface area contributed by atoms with Crippen LogP contribution in [0.5, 0.6) is 0 Å². The van der Waals surface area contributed by atoms with Gasteiger partial charge in [0, 0.05) is 6.04 Å². The van der Waals surface area contributed by atoms with E-state index in [2.05, 4.69) is 44.3 Å². The van der Waals surface area contributed by atoms with Crippen LogP contribution < -0.4 is 5.32 Å². The number of rotatable bonds is 4. The number of aryl methyl sites for hydroxylation is 2. The summed E-state index contributed by atoms with van der Waals surface area (Å²) in [5.41, 5.74) is 3.00. The number of esters is 1. The first-order chi connectivity index (χ1) is 8.27. The zero-order valence-electron chi connectivity index (χ0n) is 12.1. The topological polar surface area (TPSA) is 38.3 Å². The van der Waals surface area contributed by atoms with E-state index in [0.717, 1.165) is 0 Å². The smallest absolute Gasteiger partial charge is 0.325 e. The fraction of sp³-hybridized carbons (Fsp3) is 0.533. The molecule has 18 heavy (non-hydrogen) atoms. The van der Waals surface area contributed by atoms with Crippen LogP contribution in [0.25, 0.3) is 0 Å². The van der Waals surface area contributed by atoms with Crippen LogP contribution in [0.15, 0.2) is 18.2 Å². The minimum absolute atomic E-state index is 0.0969. The molecule has 0 amide bonds. The van der Waals surface area contributed by atoms with Crippen LogP contribution in [0.2, 0.25) is 0 Å². The summed E-state index contributed by atoms with van der Waals surface area (Å²) in [6.07, 6.45) is 0. The summed E-state index contributed by atoms with van der Waals surface area (Å²) in [7, 11) is 1.41. The predicted octanol–water partition coefficient (Wildman–Crippen LogP) is 2.91. The number of nitrogens with one attached hydrogen (secondary N) is 1. The van der Waals surface area contributed by atoms with Gasteiger partial charge in [0.05, 0.1) is 7.11 Å². The lowest BCUT2D eigenvalue weighted by Crippen LogP contribution is -2.48. The summed E-state index contributed by atoms with van der Waals surface area (Å²) in [5.74, 6) is -0.251. The van der Waals surface area contributed by atoms with Crippen LogP contribution in [0.4, 0.5) is 0 Å². The molecule has 0 aliphatic carbocycles. The van der Waals surface area contributed by atoms with Gasteiger partial charge in [-0.2, -0.15) is 0 Å². The standard InChI is InChI=1S/C15H23NO2/c1-10-7-8-13(11(2)9-10)12(3)16-15(4,5)14(17)18-6/h7-9,12,16H,1-6H3. The van der Waals surface area contributed by atoms with Crippen molar-refractivity contribution in [2.45, 2.75) is 46.2 Å². The van der Waals surface area contributed by atoms with Crippen molar-refractivity contribution in [3.8, 4) is 0 Å². The first-order valence-corrected chi connectivity index (χ1v) is 6.21. The molecule has 0 heterocycles. The molecule has 1 atom stereocenters.